The Morgan fingerprint density at radius 1 is 1.18 bits per heavy atom. The van der Waals surface area contributed by atoms with Gasteiger partial charge in [-0.2, -0.15) is 0 Å². The van der Waals surface area contributed by atoms with Gasteiger partial charge in [0.1, 0.15) is 21.2 Å². The van der Waals surface area contributed by atoms with Gasteiger partial charge < -0.3 is 20.1 Å². The standard InChI is InChI=1S/C23H25Cl3N4O3S/c1-7-9-10-12(8-2)29-22(28-4)21-17(27-3)13(11-34-21)23(31)30-18-14(24)19(32-5)16(26)20(33-6)15(18)25/h7-11,22,28-29H,1,3H2,2,4-6H3,(H,30,31)/b10-9-,12-8+. The topological polar surface area (TPSA) is 84.0 Å². The van der Waals surface area contributed by atoms with Crippen molar-refractivity contribution in [1.29, 1.82) is 0 Å². The minimum absolute atomic E-state index is 0.0386. The summed E-state index contributed by atoms with van der Waals surface area (Å²) in [5, 5.41) is 11.1. The molecule has 1 aromatic heterocycles. The number of thiophene rings is 1. The van der Waals surface area contributed by atoms with E-state index in [9.17, 15) is 4.79 Å². The molecule has 0 aliphatic carbocycles. The van der Waals surface area contributed by atoms with Crippen LogP contribution in [0.15, 0.2) is 47.0 Å². The van der Waals surface area contributed by atoms with Crippen molar-refractivity contribution in [2.24, 2.45) is 4.99 Å². The number of aliphatic imine (C=N–C) groups is 1. The maximum atomic E-state index is 13.2. The number of amides is 1. The number of carbonyl (C=O) groups excluding carboxylic acids is 1. The van der Waals surface area contributed by atoms with Crippen molar-refractivity contribution in [3.8, 4) is 11.5 Å². The molecule has 0 aliphatic heterocycles. The summed E-state index contributed by atoms with van der Waals surface area (Å²) >= 11 is 20.4. The summed E-state index contributed by atoms with van der Waals surface area (Å²) in [6.07, 6.45) is 6.96. The van der Waals surface area contributed by atoms with E-state index in [0.717, 1.165) is 10.6 Å². The fourth-order valence-corrected chi connectivity index (χ4v) is 5.18. The summed E-state index contributed by atoms with van der Waals surface area (Å²) in [5.41, 5.74) is 1.66. The lowest BCUT2D eigenvalue weighted by atomic mass is 10.2. The molecule has 0 fully saturated rings. The summed E-state index contributed by atoms with van der Waals surface area (Å²) in [6.45, 7) is 9.24. The molecule has 182 valence electrons. The average Bonchev–Trinajstić information content (AvgIpc) is 3.26. The van der Waals surface area contributed by atoms with Crippen molar-refractivity contribution in [3.63, 3.8) is 0 Å². The molecule has 3 N–H and O–H groups in total. The molecule has 1 unspecified atom stereocenters. The molecular weight excluding hydrogens is 519 g/mol. The van der Waals surface area contributed by atoms with Crippen LogP contribution in [0.2, 0.25) is 15.1 Å². The highest BCUT2D eigenvalue weighted by Crippen LogP contribution is 2.50. The van der Waals surface area contributed by atoms with Gasteiger partial charge >= 0.3 is 0 Å². The SMILES string of the molecule is C=C/C=C\C(=C/C)NC(NC)c1scc(C(=O)Nc2c(Cl)c(OC)c(Cl)c(OC)c2Cl)c1N=C. The lowest BCUT2D eigenvalue weighted by Gasteiger charge is -2.20. The summed E-state index contributed by atoms with van der Waals surface area (Å²) in [5.74, 6) is -0.245. The number of nitrogens with one attached hydrogen (secondary N) is 3. The fraction of sp³-hybridized carbons (Fsp3) is 0.217. The van der Waals surface area contributed by atoms with Crippen LogP contribution >= 0.6 is 46.1 Å². The first-order valence-corrected chi connectivity index (χ1v) is 11.9. The van der Waals surface area contributed by atoms with Gasteiger partial charge in [0.05, 0.1) is 36.0 Å². The van der Waals surface area contributed by atoms with Crippen molar-refractivity contribution < 1.29 is 14.3 Å². The van der Waals surface area contributed by atoms with E-state index in [1.165, 1.54) is 25.6 Å². The summed E-state index contributed by atoms with van der Waals surface area (Å²) in [6, 6.07) is 0. The van der Waals surface area contributed by atoms with Crippen LogP contribution in [0, 0.1) is 0 Å². The minimum Gasteiger partial charge on any atom is -0.493 e. The number of anilines is 1. The second-order valence-corrected chi connectivity index (χ2v) is 8.61. The molecule has 2 aromatic rings. The molecular formula is C23H25Cl3N4O3S. The quantitative estimate of drug-likeness (QED) is 0.166. The molecule has 0 spiro atoms. The smallest absolute Gasteiger partial charge is 0.258 e. The minimum atomic E-state index is -0.493. The van der Waals surface area contributed by atoms with Gasteiger partial charge in [-0.1, -0.05) is 59.6 Å². The van der Waals surface area contributed by atoms with Crippen molar-refractivity contribution >= 4 is 70.1 Å². The van der Waals surface area contributed by atoms with Gasteiger partial charge in [0.15, 0.2) is 11.5 Å². The van der Waals surface area contributed by atoms with Crippen molar-refractivity contribution in [2.45, 2.75) is 13.1 Å². The van der Waals surface area contributed by atoms with E-state index in [-0.39, 0.29) is 38.4 Å². The Bertz CT molecular complexity index is 1110. The van der Waals surface area contributed by atoms with Gasteiger partial charge in [-0.05, 0) is 26.8 Å². The maximum Gasteiger partial charge on any atom is 0.258 e. The van der Waals surface area contributed by atoms with Crippen LogP contribution in [0.1, 0.15) is 28.3 Å². The summed E-state index contributed by atoms with van der Waals surface area (Å²) < 4.78 is 10.5. The van der Waals surface area contributed by atoms with E-state index in [0.29, 0.717) is 11.3 Å². The molecule has 1 aromatic carbocycles. The number of halogens is 3. The Balaban J connectivity index is 2.46. The average molecular weight is 544 g/mol. The number of methoxy groups -OCH3 is 2. The lowest BCUT2D eigenvalue weighted by molar-refractivity contribution is 0.102. The van der Waals surface area contributed by atoms with E-state index in [1.54, 1.807) is 18.5 Å². The van der Waals surface area contributed by atoms with Crippen molar-refractivity contribution in [3.05, 3.63) is 67.5 Å². The van der Waals surface area contributed by atoms with Crippen LogP contribution in [0.25, 0.3) is 0 Å². The second-order valence-electron chi connectivity index (χ2n) is 6.56. The number of benzene rings is 1. The highest BCUT2D eigenvalue weighted by molar-refractivity contribution is 7.11. The summed E-state index contributed by atoms with van der Waals surface area (Å²) in [4.78, 5) is 18.1. The van der Waals surface area contributed by atoms with Crippen LogP contribution < -0.4 is 25.4 Å². The second kappa shape index (κ2) is 12.8. The monoisotopic (exact) mass is 542 g/mol. The number of rotatable bonds is 11. The number of hydrogen-bond donors (Lipinski definition) is 3. The van der Waals surface area contributed by atoms with Gasteiger partial charge in [0.25, 0.3) is 5.91 Å². The molecule has 2 rings (SSSR count). The Morgan fingerprint density at radius 2 is 1.79 bits per heavy atom. The predicted molar refractivity (Wildman–Crippen MR) is 144 cm³/mol. The first-order chi connectivity index (χ1) is 16.3. The molecule has 0 aliphatic rings. The normalized spacial score (nSPS) is 12.4. The Hall–Kier alpha value is -2.49. The maximum absolute atomic E-state index is 13.2. The van der Waals surface area contributed by atoms with Gasteiger partial charge in [-0.3, -0.25) is 15.1 Å². The number of ether oxygens (including phenoxy) is 2. The summed E-state index contributed by atoms with van der Waals surface area (Å²) in [7, 11) is 4.58. The van der Waals surface area contributed by atoms with E-state index in [4.69, 9.17) is 44.3 Å². The number of nitrogens with zero attached hydrogens (tertiary/aromatic N) is 1. The van der Waals surface area contributed by atoms with Gasteiger partial charge in [0, 0.05) is 11.1 Å². The highest BCUT2D eigenvalue weighted by Gasteiger charge is 2.27. The van der Waals surface area contributed by atoms with Crippen LogP contribution in [-0.2, 0) is 0 Å². The van der Waals surface area contributed by atoms with Crippen molar-refractivity contribution in [1.82, 2.24) is 10.6 Å². The Kier molecular flexibility index (Phi) is 10.5. The number of allylic oxidation sites excluding steroid dienone is 4. The van der Waals surface area contributed by atoms with Crippen LogP contribution in [0.5, 0.6) is 11.5 Å². The van der Waals surface area contributed by atoms with Gasteiger partial charge in [0.2, 0.25) is 0 Å². The lowest BCUT2D eigenvalue weighted by Crippen LogP contribution is -2.30. The third kappa shape index (κ3) is 5.76. The van der Waals surface area contributed by atoms with Crippen LogP contribution in [-0.4, -0.2) is 33.9 Å². The molecule has 0 saturated heterocycles. The van der Waals surface area contributed by atoms with E-state index in [1.807, 2.05) is 25.2 Å². The molecule has 1 amide bonds. The molecule has 1 atom stereocenters. The van der Waals surface area contributed by atoms with Gasteiger partial charge in [-0.25, -0.2) is 0 Å². The van der Waals surface area contributed by atoms with E-state index in [2.05, 4.69) is 34.2 Å². The van der Waals surface area contributed by atoms with E-state index >= 15 is 0 Å². The van der Waals surface area contributed by atoms with Crippen LogP contribution in [0.3, 0.4) is 0 Å². The molecule has 0 saturated carbocycles. The molecule has 1 heterocycles. The highest BCUT2D eigenvalue weighted by atomic mass is 35.5. The molecule has 7 nitrogen and oxygen atoms in total. The third-order valence-electron chi connectivity index (χ3n) is 4.66. The van der Waals surface area contributed by atoms with Crippen molar-refractivity contribution in [2.75, 3.05) is 26.6 Å². The molecule has 11 heteroatoms. The first-order valence-electron chi connectivity index (χ1n) is 9.86. The molecule has 34 heavy (non-hydrogen) atoms. The molecule has 0 radical (unpaired) electrons. The first kappa shape index (κ1) is 27.8. The Labute approximate surface area is 218 Å². The number of hydrogen-bond acceptors (Lipinski definition) is 7. The fourth-order valence-electron chi connectivity index (χ4n) is 3.00. The van der Waals surface area contributed by atoms with Crippen LogP contribution in [0.4, 0.5) is 11.4 Å². The predicted octanol–water partition coefficient (Wildman–Crippen LogP) is 6.76. The zero-order valence-corrected chi connectivity index (χ0v) is 22.2. The number of carbonyl (C=O) groups is 1. The Morgan fingerprint density at radius 3 is 2.26 bits per heavy atom. The third-order valence-corrected chi connectivity index (χ3v) is 6.76. The largest absolute Gasteiger partial charge is 0.493 e. The van der Waals surface area contributed by atoms with E-state index < -0.39 is 5.91 Å². The van der Waals surface area contributed by atoms with Gasteiger partial charge in [-0.15, -0.1) is 11.3 Å². The zero-order chi connectivity index (χ0) is 25.4. The molecule has 0 bridgehead atoms. The zero-order valence-electron chi connectivity index (χ0n) is 19.1.